The maximum atomic E-state index is 12.5. The summed E-state index contributed by atoms with van der Waals surface area (Å²) in [5.74, 6) is 0. The summed E-state index contributed by atoms with van der Waals surface area (Å²) < 4.78 is 7.28. The Morgan fingerprint density at radius 3 is 2.92 bits per heavy atom. The van der Waals surface area contributed by atoms with Crippen molar-refractivity contribution in [2.45, 2.75) is 44.3 Å². The van der Waals surface area contributed by atoms with E-state index in [1.165, 1.54) is 5.56 Å². The fraction of sp³-hybridized carbons (Fsp3) is 0.500. The van der Waals surface area contributed by atoms with E-state index in [1.807, 2.05) is 12.1 Å². The number of rotatable bonds is 4. The van der Waals surface area contributed by atoms with E-state index < -0.39 is 0 Å². The Hall–Kier alpha value is -2.05. The predicted octanol–water partition coefficient (Wildman–Crippen LogP) is 1.25. The van der Waals surface area contributed by atoms with Crippen molar-refractivity contribution in [3.63, 3.8) is 0 Å². The number of aryl methyl sites for hydroxylation is 2. The third-order valence-electron chi connectivity index (χ3n) is 4.91. The standard InChI is InChI=1S/C18H22N4O2/c23-18-9-14-3-1-2-4-15(14)21-22(18)17-12-24-11-16(17)20-10-13-5-7-19-8-6-13/h5-9,16-17,20H,1-4,10-12H2. The minimum Gasteiger partial charge on any atom is -0.377 e. The molecule has 1 N–H and O–H groups in total. The number of pyridine rings is 1. The quantitative estimate of drug-likeness (QED) is 0.916. The van der Waals surface area contributed by atoms with E-state index in [9.17, 15) is 4.79 Å². The van der Waals surface area contributed by atoms with E-state index in [4.69, 9.17) is 4.74 Å². The van der Waals surface area contributed by atoms with E-state index >= 15 is 0 Å². The molecule has 6 nitrogen and oxygen atoms in total. The summed E-state index contributed by atoms with van der Waals surface area (Å²) in [7, 11) is 0. The second kappa shape index (κ2) is 6.83. The van der Waals surface area contributed by atoms with Crippen molar-refractivity contribution in [1.82, 2.24) is 20.1 Å². The number of hydrogen-bond donors (Lipinski definition) is 1. The van der Waals surface area contributed by atoms with Crippen LogP contribution in [0.15, 0.2) is 35.4 Å². The van der Waals surface area contributed by atoms with Gasteiger partial charge in [-0.1, -0.05) is 0 Å². The first-order chi connectivity index (χ1) is 11.8. The molecule has 2 aliphatic rings. The second-order valence-corrected chi connectivity index (χ2v) is 6.55. The van der Waals surface area contributed by atoms with Gasteiger partial charge in [0.2, 0.25) is 0 Å². The van der Waals surface area contributed by atoms with Crippen molar-refractivity contribution in [2.24, 2.45) is 0 Å². The second-order valence-electron chi connectivity index (χ2n) is 6.55. The molecule has 24 heavy (non-hydrogen) atoms. The summed E-state index contributed by atoms with van der Waals surface area (Å²) in [5.41, 5.74) is 3.37. The van der Waals surface area contributed by atoms with E-state index in [1.54, 1.807) is 23.1 Å². The largest absolute Gasteiger partial charge is 0.377 e. The molecule has 0 bridgehead atoms. The van der Waals surface area contributed by atoms with Crippen molar-refractivity contribution in [3.8, 4) is 0 Å². The van der Waals surface area contributed by atoms with Crippen LogP contribution in [-0.2, 0) is 24.1 Å². The lowest BCUT2D eigenvalue weighted by molar-refractivity contribution is 0.180. The van der Waals surface area contributed by atoms with E-state index in [2.05, 4.69) is 15.4 Å². The molecule has 6 heteroatoms. The summed E-state index contributed by atoms with van der Waals surface area (Å²) in [6, 6.07) is 5.79. The molecule has 0 aromatic carbocycles. The highest BCUT2D eigenvalue weighted by atomic mass is 16.5. The maximum absolute atomic E-state index is 12.5. The summed E-state index contributed by atoms with van der Waals surface area (Å²) >= 11 is 0. The molecule has 0 saturated carbocycles. The molecule has 1 fully saturated rings. The van der Waals surface area contributed by atoms with Gasteiger partial charge in [0, 0.05) is 25.0 Å². The van der Waals surface area contributed by atoms with Crippen LogP contribution in [-0.4, -0.2) is 34.0 Å². The lowest BCUT2D eigenvalue weighted by Gasteiger charge is -2.23. The van der Waals surface area contributed by atoms with Crippen LogP contribution in [0.1, 0.15) is 35.7 Å². The highest BCUT2D eigenvalue weighted by Gasteiger charge is 2.31. The molecule has 2 aromatic heterocycles. The van der Waals surface area contributed by atoms with Crippen molar-refractivity contribution in [2.75, 3.05) is 13.2 Å². The first-order valence-corrected chi connectivity index (χ1v) is 8.63. The van der Waals surface area contributed by atoms with E-state index in [0.717, 1.165) is 43.5 Å². The minimum absolute atomic E-state index is 0.0122. The van der Waals surface area contributed by atoms with Gasteiger partial charge in [0.15, 0.2) is 0 Å². The van der Waals surface area contributed by atoms with Gasteiger partial charge in [-0.3, -0.25) is 9.78 Å². The number of nitrogens with zero attached hydrogens (tertiary/aromatic N) is 3. The van der Waals surface area contributed by atoms with Crippen molar-refractivity contribution < 1.29 is 4.74 Å². The Bertz CT molecular complexity index is 759. The first kappa shape index (κ1) is 15.5. The van der Waals surface area contributed by atoms with Gasteiger partial charge in [0.25, 0.3) is 5.56 Å². The zero-order valence-electron chi connectivity index (χ0n) is 13.6. The normalized spacial score (nSPS) is 23.2. The molecule has 0 radical (unpaired) electrons. The van der Waals surface area contributed by atoms with E-state index in [-0.39, 0.29) is 17.6 Å². The molecular weight excluding hydrogens is 304 g/mol. The van der Waals surface area contributed by atoms with Crippen LogP contribution < -0.4 is 10.9 Å². The Morgan fingerprint density at radius 1 is 1.21 bits per heavy atom. The van der Waals surface area contributed by atoms with Crippen LogP contribution in [0.2, 0.25) is 0 Å². The lowest BCUT2D eigenvalue weighted by Crippen LogP contribution is -2.41. The van der Waals surface area contributed by atoms with Crippen molar-refractivity contribution in [3.05, 3.63) is 57.8 Å². The maximum Gasteiger partial charge on any atom is 0.267 e. The Labute approximate surface area is 140 Å². The average Bonchev–Trinajstić information content (AvgIpc) is 3.08. The van der Waals surface area contributed by atoms with Gasteiger partial charge < -0.3 is 10.1 Å². The van der Waals surface area contributed by atoms with Crippen LogP contribution >= 0.6 is 0 Å². The number of hydrogen-bond acceptors (Lipinski definition) is 5. The van der Waals surface area contributed by atoms with Crippen LogP contribution in [0.25, 0.3) is 0 Å². The number of aromatic nitrogens is 3. The van der Waals surface area contributed by atoms with E-state index in [0.29, 0.717) is 13.2 Å². The smallest absolute Gasteiger partial charge is 0.267 e. The molecule has 3 heterocycles. The summed E-state index contributed by atoms with van der Waals surface area (Å²) in [5, 5.41) is 8.18. The van der Waals surface area contributed by atoms with Gasteiger partial charge in [-0.15, -0.1) is 0 Å². The fourth-order valence-electron chi connectivity index (χ4n) is 3.54. The summed E-state index contributed by atoms with van der Waals surface area (Å²) in [4.78, 5) is 16.5. The van der Waals surface area contributed by atoms with Crippen LogP contribution in [0, 0.1) is 0 Å². The summed E-state index contributed by atoms with van der Waals surface area (Å²) in [6.07, 6.45) is 7.83. The molecule has 126 valence electrons. The zero-order chi connectivity index (χ0) is 16.4. The Morgan fingerprint density at radius 2 is 2.04 bits per heavy atom. The fourth-order valence-corrected chi connectivity index (χ4v) is 3.54. The van der Waals surface area contributed by atoms with Crippen molar-refractivity contribution in [1.29, 1.82) is 0 Å². The van der Waals surface area contributed by atoms with Crippen molar-refractivity contribution >= 4 is 0 Å². The van der Waals surface area contributed by atoms with Gasteiger partial charge >= 0.3 is 0 Å². The zero-order valence-corrected chi connectivity index (χ0v) is 13.6. The minimum atomic E-state index is -0.0495. The van der Waals surface area contributed by atoms with Gasteiger partial charge in [-0.2, -0.15) is 5.10 Å². The molecule has 1 aliphatic heterocycles. The number of ether oxygens (including phenoxy) is 1. The topological polar surface area (TPSA) is 69.0 Å². The number of fused-ring (bicyclic) bond motifs is 1. The summed E-state index contributed by atoms with van der Waals surface area (Å²) in [6.45, 7) is 1.85. The first-order valence-electron chi connectivity index (χ1n) is 8.63. The monoisotopic (exact) mass is 326 g/mol. The third kappa shape index (κ3) is 3.12. The highest BCUT2D eigenvalue weighted by Crippen LogP contribution is 2.21. The molecule has 0 amide bonds. The molecule has 2 unspecified atom stereocenters. The predicted molar refractivity (Wildman–Crippen MR) is 89.9 cm³/mol. The Kier molecular flexibility index (Phi) is 4.40. The van der Waals surface area contributed by atoms with Gasteiger partial charge in [0.1, 0.15) is 0 Å². The van der Waals surface area contributed by atoms with Crippen LogP contribution in [0.4, 0.5) is 0 Å². The molecule has 2 aromatic rings. The lowest BCUT2D eigenvalue weighted by atomic mass is 9.97. The number of nitrogens with one attached hydrogen (secondary N) is 1. The molecule has 2 atom stereocenters. The molecule has 1 aliphatic carbocycles. The van der Waals surface area contributed by atoms with Gasteiger partial charge in [-0.25, -0.2) is 4.68 Å². The van der Waals surface area contributed by atoms with Crippen LogP contribution in [0.5, 0.6) is 0 Å². The highest BCUT2D eigenvalue weighted by molar-refractivity contribution is 5.20. The molecule has 0 spiro atoms. The van der Waals surface area contributed by atoms with Gasteiger partial charge in [-0.05, 0) is 48.9 Å². The Balaban J connectivity index is 1.53. The molecule has 1 saturated heterocycles. The molecular formula is C18H22N4O2. The van der Waals surface area contributed by atoms with Gasteiger partial charge in [0.05, 0.1) is 31.0 Å². The SMILES string of the molecule is O=c1cc2c(nn1C1COCC1NCc1ccncc1)CCCC2. The average molecular weight is 326 g/mol. The molecule has 4 rings (SSSR count). The third-order valence-corrected chi connectivity index (χ3v) is 4.91. The van der Waals surface area contributed by atoms with Crippen LogP contribution in [0.3, 0.4) is 0 Å².